The molecule has 5 nitrogen and oxygen atoms in total. The molecule has 1 amide bonds. The van der Waals surface area contributed by atoms with E-state index < -0.39 is 18.6 Å². The van der Waals surface area contributed by atoms with Crippen LogP contribution in [0.4, 0.5) is 13.2 Å². The molecule has 0 saturated carbocycles. The fourth-order valence-corrected chi connectivity index (χ4v) is 2.73. The molecule has 2 heterocycles. The first kappa shape index (κ1) is 16.5. The SMILES string of the molecule is O=C(NCC1Cc2ccccc2CN1)c1ccn(CC(F)(F)F)n1. The molecule has 1 aromatic heterocycles. The molecule has 8 heteroatoms. The van der Waals surface area contributed by atoms with Crippen LogP contribution in [0.25, 0.3) is 0 Å². The number of hydrogen-bond acceptors (Lipinski definition) is 3. The Balaban J connectivity index is 1.53. The second-order valence-electron chi connectivity index (χ2n) is 5.77. The summed E-state index contributed by atoms with van der Waals surface area (Å²) in [4.78, 5) is 12.0. The van der Waals surface area contributed by atoms with Crippen molar-refractivity contribution in [3.63, 3.8) is 0 Å². The summed E-state index contributed by atoms with van der Waals surface area (Å²) < 4.78 is 37.6. The average molecular weight is 338 g/mol. The van der Waals surface area contributed by atoms with Gasteiger partial charge in [0.15, 0.2) is 0 Å². The van der Waals surface area contributed by atoms with Gasteiger partial charge in [0, 0.05) is 25.3 Å². The van der Waals surface area contributed by atoms with Crippen molar-refractivity contribution in [2.75, 3.05) is 6.54 Å². The van der Waals surface area contributed by atoms with Gasteiger partial charge in [-0.25, -0.2) is 0 Å². The summed E-state index contributed by atoms with van der Waals surface area (Å²) in [6.07, 6.45) is -2.42. The van der Waals surface area contributed by atoms with Crippen molar-refractivity contribution in [3.05, 3.63) is 53.3 Å². The monoisotopic (exact) mass is 338 g/mol. The zero-order valence-electron chi connectivity index (χ0n) is 12.8. The molecule has 0 radical (unpaired) electrons. The van der Waals surface area contributed by atoms with Crippen molar-refractivity contribution in [3.8, 4) is 0 Å². The molecule has 1 unspecified atom stereocenters. The van der Waals surface area contributed by atoms with Gasteiger partial charge in [-0.2, -0.15) is 18.3 Å². The molecule has 3 rings (SSSR count). The zero-order chi connectivity index (χ0) is 17.2. The van der Waals surface area contributed by atoms with Crippen molar-refractivity contribution in [1.29, 1.82) is 0 Å². The zero-order valence-corrected chi connectivity index (χ0v) is 12.8. The summed E-state index contributed by atoms with van der Waals surface area (Å²) in [5.41, 5.74) is 2.46. The Morgan fingerprint density at radius 2 is 2.04 bits per heavy atom. The molecule has 128 valence electrons. The van der Waals surface area contributed by atoms with E-state index in [2.05, 4.69) is 27.9 Å². The van der Waals surface area contributed by atoms with Gasteiger partial charge in [-0.1, -0.05) is 24.3 Å². The molecule has 0 spiro atoms. The number of nitrogens with zero attached hydrogens (tertiary/aromatic N) is 2. The number of hydrogen-bond donors (Lipinski definition) is 2. The third-order valence-electron chi connectivity index (χ3n) is 3.89. The highest BCUT2D eigenvalue weighted by molar-refractivity contribution is 5.92. The number of fused-ring (bicyclic) bond motifs is 1. The van der Waals surface area contributed by atoms with Gasteiger partial charge in [0.05, 0.1) is 0 Å². The van der Waals surface area contributed by atoms with Crippen LogP contribution in [0, 0.1) is 0 Å². The minimum absolute atomic E-state index is 0.0181. The highest BCUT2D eigenvalue weighted by Gasteiger charge is 2.28. The molecule has 0 aliphatic carbocycles. The van der Waals surface area contributed by atoms with Crippen LogP contribution in [0.2, 0.25) is 0 Å². The quantitative estimate of drug-likeness (QED) is 0.895. The summed E-state index contributed by atoms with van der Waals surface area (Å²) in [5.74, 6) is -0.475. The number of amides is 1. The number of nitrogens with one attached hydrogen (secondary N) is 2. The summed E-state index contributed by atoms with van der Waals surface area (Å²) in [6.45, 7) is -0.0859. The Morgan fingerprint density at radius 3 is 2.79 bits per heavy atom. The van der Waals surface area contributed by atoms with Gasteiger partial charge in [0.2, 0.25) is 0 Å². The van der Waals surface area contributed by atoms with E-state index in [0.717, 1.165) is 19.2 Å². The maximum atomic E-state index is 12.3. The smallest absolute Gasteiger partial charge is 0.349 e. The molecule has 1 atom stereocenters. The molecule has 0 bridgehead atoms. The average Bonchev–Trinajstić information content (AvgIpc) is 2.99. The molecule has 24 heavy (non-hydrogen) atoms. The normalized spacial score (nSPS) is 17.4. The van der Waals surface area contributed by atoms with Crippen molar-refractivity contribution in [2.24, 2.45) is 0 Å². The van der Waals surface area contributed by atoms with E-state index in [4.69, 9.17) is 0 Å². The van der Waals surface area contributed by atoms with Gasteiger partial charge in [-0.05, 0) is 23.6 Å². The molecule has 1 aliphatic rings. The van der Waals surface area contributed by atoms with Crippen LogP contribution in [0.1, 0.15) is 21.6 Å². The minimum Gasteiger partial charge on any atom is -0.349 e. The van der Waals surface area contributed by atoms with Gasteiger partial charge in [0.25, 0.3) is 5.91 Å². The van der Waals surface area contributed by atoms with Crippen molar-refractivity contribution in [1.82, 2.24) is 20.4 Å². The Hall–Kier alpha value is -2.35. The summed E-state index contributed by atoms with van der Waals surface area (Å²) in [6, 6.07) is 9.45. The number of alkyl halides is 3. The first-order chi connectivity index (χ1) is 11.4. The Morgan fingerprint density at radius 1 is 1.29 bits per heavy atom. The van der Waals surface area contributed by atoms with Crippen molar-refractivity contribution in [2.45, 2.75) is 31.7 Å². The number of carbonyl (C=O) groups excluding carboxylic acids is 1. The minimum atomic E-state index is -4.36. The van der Waals surface area contributed by atoms with Gasteiger partial charge < -0.3 is 10.6 Å². The largest absolute Gasteiger partial charge is 0.408 e. The van der Waals surface area contributed by atoms with Crippen LogP contribution in [-0.2, 0) is 19.5 Å². The predicted molar refractivity (Wildman–Crippen MR) is 81.4 cm³/mol. The first-order valence-electron chi connectivity index (χ1n) is 7.59. The van der Waals surface area contributed by atoms with E-state index in [0.29, 0.717) is 11.2 Å². The lowest BCUT2D eigenvalue weighted by Gasteiger charge is -2.26. The lowest BCUT2D eigenvalue weighted by molar-refractivity contribution is -0.142. The first-order valence-corrected chi connectivity index (χ1v) is 7.59. The van der Waals surface area contributed by atoms with E-state index in [1.807, 2.05) is 12.1 Å². The number of benzene rings is 1. The highest BCUT2D eigenvalue weighted by atomic mass is 19.4. The van der Waals surface area contributed by atoms with E-state index in [9.17, 15) is 18.0 Å². The van der Waals surface area contributed by atoms with Crippen molar-refractivity contribution < 1.29 is 18.0 Å². The number of rotatable bonds is 4. The molecule has 1 aromatic carbocycles. The maximum Gasteiger partial charge on any atom is 0.408 e. The maximum absolute atomic E-state index is 12.3. The predicted octanol–water partition coefficient (Wildman–Crippen LogP) is 1.89. The second-order valence-corrected chi connectivity index (χ2v) is 5.77. The van der Waals surface area contributed by atoms with Crippen LogP contribution in [0.3, 0.4) is 0 Å². The summed E-state index contributed by atoms with van der Waals surface area (Å²) in [7, 11) is 0. The topological polar surface area (TPSA) is 59.0 Å². The van der Waals surface area contributed by atoms with Gasteiger partial charge in [-0.3, -0.25) is 9.48 Å². The fourth-order valence-electron chi connectivity index (χ4n) is 2.73. The third kappa shape index (κ3) is 4.14. The summed E-state index contributed by atoms with van der Waals surface area (Å²) in [5, 5.41) is 9.71. The van der Waals surface area contributed by atoms with Crippen LogP contribution in [0.15, 0.2) is 36.5 Å². The van der Waals surface area contributed by atoms with Crippen LogP contribution >= 0.6 is 0 Å². The molecule has 1 aliphatic heterocycles. The molecule has 2 N–H and O–H groups in total. The van der Waals surface area contributed by atoms with E-state index in [1.165, 1.54) is 17.2 Å². The summed E-state index contributed by atoms with van der Waals surface area (Å²) >= 11 is 0. The molecule has 0 saturated heterocycles. The van der Waals surface area contributed by atoms with Crippen molar-refractivity contribution >= 4 is 5.91 Å². The van der Waals surface area contributed by atoms with Crippen LogP contribution < -0.4 is 10.6 Å². The Kier molecular flexibility index (Phi) is 4.57. The van der Waals surface area contributed by atoms with Gasteiger partial charge in [0.1, 0.15) is 12.2 Å². The molecule has 0 fully saturated rings. The Labute approximate surface area is 136 Å². The van der Waals surface area contributed by atoms with Gasteiger partial charge in [-0.15, -0.1) is 0 Å². The van der Waals surface area contributed by atoms with E-state index >= 15 is 0 Å². The van der Waals surface area contributed by atoms with Gasteiger partial charge >= 0.3 is 6.18 Å². The molecule has 2 aromatic rings. The lowest BCUT2D eigenvalue weighted by Crippen LogP contribution is -2.44. The lowest BCUT2D eigenvalue weighted by atomic mass is 9.96. The number of halogens is 3. The number of carbonyl (C=O) groups is 1. The highest BCUT2D eigenvalue weighted by Crippen LogP contribution is 2.17. The second kappa shape index (κ2) is 6.64. The van der Waals surface area contributed by atoms with E-state index in [-0.39, 0.29) is 11.7 Å². The number of aromatic nitrogens is 2. The standard InChI is InChI=1S/C16H17F3N4O/c17-16(18,19)10-23-6-5-14(22-23)15(24)21-9-13-7-11-3-1-2-4-12(11)8-20-13/h1-6,13,20H,7-10H2,(H,21,24). The van der Waals surface area contributed by atoms with Crippen LogP contribution in [-0.4, -0.2) is 34.5 Å². The third-order valence-corrected chi connectivity index (χ3v) is 3.89. The fraction of sp³-hybridized carbons (Fsp3) is 0.375. The Bertz CT molecular complexity index is 726. The van der Waals surface area contributed by atoms with Crippen LogP contribution in [0.5, 0.6) is 0 Å². The molecular weight excluding hydrogens is 321 g/mol. The molecular formula is C16H17F3N4O. The van der Waals surface area contributed by atoms with E-state index in [1.54, 1.807) is 0 Å².